The number of primary amides is 1. The predicted molar refractivity (Wildman–Crippen MR) is 100 cm³/mol. The van der Waals surface area contributed by atoms with Gasteiger partial charge >= 0.3 is 6.09 Å². The van der Waals surface area contributed by atoms with Gasteiger partial charge in [0.15, 0.2) is 5.82 Å². The average molecular weight is 423 g/mol. The number of imidazole rings is 1. The van der Waals surface area contributed by atoms with E-state index in [9.17, 15) is 23.5 Å². The summed E-state index contributed by atoms with van der Waals surface area (Å²) in [6.07, 6.45) is -2.13. The number of ether oxygens (including phenoxy) is 2. The zero-order chi connectivity index (χ0) is 21.4. The van der Waals surface area contributed by atoms with Crippen molar-refractivity contribution in [1.29, 1.82) is 0 Å². The van der Waals surface area contributed by atoms with Crippen molar-refractivity contribution in [2.75, 3.05) is 30.0 Å². The van der Waals surface area contributed by atoms with Crippen LogP contribution in [0.1, 0.15) is 0 Å². The molecule has 0 saturated carbocycles. The third-order valence-corrected chi connectivity index (χ3v) is 4.89. The molecular formula is C18H19F2N5O5. The number of alkyl halides is 2. The Labute approximate surface area is 169 Å². The summed E-state index contributed by atoms with van der Waals surface area (Å²) >= 11 is 0. The van der Waals surface area contributed by atoms with Crippen molar-refractivity contribution < 1.29 is 33.0 Å². The quantitative estimate of drug-likeness (QED) is 0.626. The van der Waals surface area contributed by atoms with Gasteiger partial charge in [0, 0.05) is 18.0 Å². The molecule has 3 heterocycles. The zero-order valence-electron chi connectivity index (χ0n) is 15.6. The lowest BCUT2D eigenvalue weighted by molar-refractivity contribution is -0.119. The normalized spacial score (nSPS) is 18.9. The first-order chi connectivity index (χ1) is 14.4. The fraction of sp³-hybridized carbons (Fsp3) is 0.389. The van der Waals surface area contributed by atoms with Gasteiger partial charge in [-0.1, -0.05) is 0 Å². The van der Waals surface area contributed by atoms with Gasteiger partial charge in [0.2, 0.25) is 5.91 Å². The molecule has 10 nitrogen and oxygen atoms in total. The highest BCUT2D eigenvalue weighted by atomic mass is 19.3. The van der Waals surface area contributed by atoms with Gasteiger partial charge in [-0.3, -0.25) is 4.79 Å². The summed E-state index contributed by atoms with van der Waals surface area (Å²) < 4.78 is 38.8. The summed E-state index contributed by atoms with van der Waals surface area (Å²) in [5, 5.41) is 12.1. The van der Waals surface area contributed by atoms with Gasteiger partial charge in [-0.05, 0) is 12.1 Å². The van der Waals surface area contributed by atoms with Crippen molar-refractivity contribution in [1.82, 2.24) is 9.55 Å². The van der Waals surface area contributed by atoms with Crippen molar-refractivity contribution in [2.24, 2.45) is 5.73 Å². The summed E-state index contributed by atoms with van der Waals surface area (Å²) in [7, 11) is 0. The molecule has 1 saturated heterocycles. The number of nitrogens with zero attached hydrogens (tertiary/aromatic N) is 3. The minimum atomic E-state index is -2.77. The number of nitrogens with two attached hydrogens (primary N) is 1. The van der Waals surface area contributed by atoms with E-state index in [2.05, 4.69) is 10.3 Å². The number of aromatic nitrogens is 2. The van der Waals surface area contributed by atoms with Gasteiger partial charge in [-0.25, -0.2) is 23.5 Å². The van der Waals surface area contributed by atoms with Crippen LogP contribution < -0.4 is 20.7 Å². The van der Waals surface area contributed by atoms with Crippen molar-refractivity contribution in [3.05, 3.63) is 24.4 Å². The first-order valence-corrected chi connectivity index (χ1v) is 9.14. The third-order valence-electron chi connectivity index (χ3n) is 4.89. The number of halogens is 2. The lowest BCUT2D eigenvalue weighted by Gasteiger charge is -2.18. The Morgan fingerprint density at radius 1 is 1.40 bits per heavy atom. The maximum Gasteiger partial charge on any atom is 0.416 e. The minimum Gasteiger partial charge on any atom is -0.491 e. The number of aliphatic hydroxyl groups excluding tert-OH is 1. The van der Waals surface area contributed by atoms with Gasteiger partial charge in [0.25, 0.3) is 6.43 Å². The Kier molecular flexibility index (Phi) is 5.16. The Hall–Kier alpha value is -3.41. The van der Waals surface area contributed by atoms with Crippen LogP contribution in [-0.2, 0) is 16.1 Å². The second-order valence-corrected chi connectivity index (χ2v) is 6.81. The van der Waals surface area contributed by atoms with Crippen LogP contribution in [0.25, 0.3) is 11.4 Å². The number of amides is 2. The molecule has 0 spiro atoms. The van der Waals surface area contributed by atoms with E-state index in [1.54, 1.807) is 22.8 Å². The highest BCUT2D eigenvalue weighted by molar-refractivity contribution is 5.90. The summed E-state index contributed by atoms with van der Waals surface area (Å²) in [4.78, 5) is 28.6. The van der Waals surface area contributed by atoms with Crippen LogP contribution in [0.3, 0.4) is 0 Å². The number of aliphatic hydroxyl groups is 1. The average Bonchev–Trinajstić information content (AvgIpc) is 3.25. The van der Waals surface area contributed by atoms with Crippen LogP contribution in [0, 0.1) is 0 Å². The van der Waals surface area contributed by atoms with Crippen LogP contribution in [-0.4, -0.2) is 65.0 Å². The van der Waals surface area contributed by atoms with Crippen molar-refractivity contribution in [3.8, 4) is 17.1 Å². The fourth-order valence-corrected chi connectivity index (χ4v) is 3.37. The van der Waals surface area contributed by atoms with E-state index >= 15 is 0 Å². The smallest absolute Gasteiger partial charge is 0.416 e. The first kappa shape index (κ1) is 19.9. The molecule has 30 heavy (non-hydrogen) atoms. The number of hydrogen-bond acceptors (Lipinski definition) is 7. The van der Waals surface area contributed by atoms with E-state index in [0.29, 0.717) is 29.4 Å². The number of carbonyl (C=O) groups excluding carboxylic acids is 2. The summed E-state index contributed by atoms with van der Waals surface area (Å²) in [5.41, 5.74) is 6.29. The van der Waals surface area contributed by atoms with Crippen LogP contribution in [0.5, 0.6) is 5.75 Å². The van der Waals surface area contributed by atoms with Crippen molar-refractivity contribution in [2.45, 2.75) is 25.1 Å². The van der Waals surface area contributed by atoms with E-state index in [-0.39, 0.29) is 12.4 Å². The van der Waals surface area contributed by atoms with Gasteiger partial charge in [-0.15, -0.1) is 0 Å². The second-order valence-electron chi connectivity index (χ2n) is 6.81. The molecule has 12 heteroatoms. The third kappa shape index (κ3) is 3.49. The molecule has 2 aromatic rings. The molecule has 2 atom stereocenters. The number of rotatable bonds is 6. The number of fused-ring (bicyclic) bond motifs is 3. The molecule has 2 aliphatic rings. The van der Waals surface area contributed by atoms with E-state index in [1.165, 1.54) is 6.20 Å². The summed E-state index contributed by atoms with van der Waals surface area (Å²) in [6.45, 7) is -0.235. The Morgan fingerprint density at radius 2 is 2.20 bits per heavy atom. The van der Waals surface area contributed by atoms with Crippen LogP contribution in [0.2, 0.25) is 0 Å². The molecule has 0 bridgehead atoms. The maximum atomic E-state index is 13.3. The molecule has 1 fully saturated rings. The molecule has 2 amide bonds. The molecular weight excluding hydrogens is 404 g/mol. The maximum absolute atomic E-state index is 13.3. The molecule has 1 aromatic heterocycles. The van der Waals surface area contributed by atoms with Gasteiger partial charge in [0.05, 0.1) is 18.7 Å². The molecule has 4 rings (SSSR count). The van der Waals surface area contributed by atoms with E-state index in [1.807, 2.05) is 0 Å². The lowest BCUT2D eigenvalue weighted by atomic mass is 10.1. The Balaban J connectivity index is 1.67. The molecule has 2 aliphatic heterocycles. The molecule has 0 aliphatic carbocycles. The SMILES string of the molecule is NC(=O)[C@H](CO)Nc1ccc2c(c1)OCCn1cc(N3C(=O)OCC3C(F)F)nc1-2. The molecule has 160 valence electrons. The van der Waals surface area contributed by atoms with Crippen LogP contribution in [0.4, 0.5) is 25.1 Å². The highest BCUT2D eigenvalue weighted by Gasteiger charge is 2.42. The largest absolute Gasteiger partial charge is 0.491 e. The summed E-state index contributed by atoms with van der Waals surface area (Å²) in [5.74, 6) is 0.235. The topological polar surface area (TPSA) is 132 Å². The molecule has 1 unspecified atom stereocenters. The van der Waals surface area contributed by atoms with Gasteiger partial charge in [-0.2, -0.15) is 0 Å². The van der Waals surface area contributed by atoms with Crippen molar-refractivity contribution >= 4 is 23.5 Å². The number of carbonyl (C=O) groups is 2. The number of benzene rings is 1. The number of hydrogen-bond donors (Lipinski definition) is 3. The van der Waals surface area contributed by atoms with E-state index < -0.39 is 43.7 Å². The lowest BCUT2D eigenvalue weighted by Crippen LogP contribution is -2.38. The van der Waals surface area contributed by atoms with Crippen molar-refractivity contribution in [3.63, 3.8) is 0 Å². The standard InChI is InChI=1S/C18H19F2N5O5/c19-15(20)12-8-30-18(28)25(12)14-6-24-3-4-29-13-5-9(22-11(7-26)16(21)27)1-2-10(13)17(24)23-14/h1-2,5-6,11-12,15,22,26H,3-4,7-8H2,(H2,21,27)/t11-,12?/m0/s1. The first-order valence-electron chi connectivity index (χ1n) is 9.14. The predicted octanol–water partition coefficient (Wildman–Crippen LogP) is 0.791. The minimum absolute atomic E-state index is 0.0712. The summed E-state index contributed by atoms with van der Waals surface area (Å²) in [6, 6.07) is 2.58. The Morgan fingerprint density at radius 3 is 2.90 bits per heavy atom. The monoisotopic (exact) mass is 423 g/mol. The molecule has 0 radical (unpaired) electrons. The molecule has 1 aromatic carbocycles. The van der Waals surface area contributed by atoms with E-state index in [4.69, 9.17) is 15.2 Å². The fourth-order valence-electron chi connectivity index (χ4n) is 3.37. The molecule has 4 N–H and O–H groups in total. The zero-order valence-corrected chi connectivity index (χ0v) is 15.6. The number of cyclic esters (lactones) is 1. The highest BCUT2D eigenvalue weighted by Crippen LogP contribution is 2.36. The second kappa shape index (κ2) is 7.78. The Bertz CT molecular complexity index is 982. The van der Waals surface area contributed by atoms with Gasteiger partial charge < -0.3 is 30.2 Å². The van der Waals surface area contributed by atoms with Crippen LogP contribution in [0.15, 0.2) is 24.4 Å². The number of anilines is 2. The van der Waals surface area contributed by atoms with Crippen LogP contribution >= 0.6 is 0 Å². The van der Waals surface area contributed by atoms with Gasteiger partial charge in [0.1, 0.15) is 36.9 Å². The number of nitrogens with one attached hydrogen (secondary N) is 1. The van der Waals surface area contributed by atoms with E-state index in [0.717, 1.165) is 4.90 Å².